The number of nitrogens with zero attached hydrogens (tertiary/aromatic N) is 1. The summed E-state index contributed by atoms with van der Waals surface area (Å²) in [7, 11) is -0.789. The standard InChI is InChI=1S/C15H30N2O2S/c1-6-7-14-16-13(10-11(2)3)15(18)17(14)12(4)8-9-20(5)19/h11-14,16H,6-10H2,1-5H3. The highest BCUT2D eigenvalue weighted by molar-refractivity contribution is 7.84. The molecule has 1 heterocycles. The van der Waals surface area contributed by atoms with E-state index in [2.05, 4.69) is 33.0 Å². The van der Waals surface area contributed by atoms with E-state index in [0.29, 0.717) is 11.7 Å². The smallest absolute Gasteiger partial charge is 0.241 e. The van der Waals surface area contributed by atoms with Gasteiger partial charge in [-0.05, 0) is 32.1 Å². The van der Waals surface area contributed by atoms with Gasteiger partial charge >= 0.3 is 0 Å². The topological polar surface area (TPSA) is 49.4 Å². The first kappa shape index (κ1) is 17.6. The van der Waals surface area contributed by atoms with Crippen molar-refractivity contribution in [3.63, 3.8) is 0 Å². The number of amides is 1. The zero-order chi connectivity index (χ0) is 15.3. The third-order valence-corrected chi connectivity index (χ3v) is 4.66. The highest BCUT2D eigenvalue weighted by Crippen LogP contribution is 2.23. The number of hydrogen-bond donors (Lipinski definition) is 1. The van der Waals surface area contributed by atoms with Gasteiger partial charge in [-0.15, -0.1) is 0 Å². The fraction of sp³-hybridized carbons (Fsp3) is 0.933. The second-order valence-electron chi connectivity index (χ2n) is 6.31. The van der Waals surface area contributed by atoms with E-state index >= 15 is 0 Å². The van der Waals surface area contributed by atoms with Gasteiger partial charge in [0.05, 0.1) is 12.2 Å². The Bertz CT molecular complexity index is 347. The van der Waals surface area contributed by atoms with Crippen LogP contribution in [0.5, 0.6) is 0 Å². The van der Waals surface area contributed by atoms with E-state index in [4.69, 9.17) is 0 Å². The fourth-order valence-electron chi connectivity index (χ4n) is 2.85. The van der Waals surface area contributed by atoms with E-state index in [9.17, 15) is 9.00 Å². The summed E-state index contributed by atoms with van der Waals surface area (Å²) < 4.78 is 11.3. The predicted molar refractivity (Wildman–Crippen MR) is 84.9 cm³/mol. The minimum absolute atomic E-state index is 0.0406. The van der Waals surface area contributed by atoms with E-state index in [0.717, 1.165) is 25.7 Å². The highest BCUT2D eigenvalue weighted by atomic mass is 32.2. The lowest BCUT2D eigenvalue weighted by Crippen LogP contribution is -2.43. The molecule has 0 saturated carbocycles. The van der Waals surface area contributed by atoms with Gasteiger partial charge in [0.2, 0.25) is 5.91 Å². The Morgan fingerprint density at radius 3 is 2.50 bits per heavy atom. The highest BCUT2D eigenvalue weighted by Gasteiger charge is 2.40. The number of carbonyl (C=O) groups excluding carboxylic acids is 1. The minimum Gasteiger partial charge on any atom is -0.323 e. The molecule has 4 atom stereocenters. The molecule has 0 aliphatic carbocycles. The van der Waals surface area contributed by atoms with Crippen molar-refractivity contribution in [1.82, 2.24) is 10.2 Å². The second kappa shape index (κ2) is 8.13. The third kappa shape index (κ3) is 4.85. The molecule has 4 nitrogen and oxygen atoms in total. The summed E-state index contributed by atoms with van der Waals surface area (Å²) in [5, 5.41) is 3.49. The molecule has 1 aliphatic rings. The maximum Gasteiger partial charge on any atom is 0.241 e. The summed E-state index contributed by atoms with van der Waals surface area (Å²) >= 11 is 0. The van der Waals surface area contributed by atoms with Gasteiger partial charge in [0.1, 0.15) is 0 Å². The van der Waals surface area contributed by atoms with Gasteiger partial charge in [-0.2, -0.15) is 0 Å². The number of hydrogen-bond acceptors (Lipinski definition) is 3. The normalized spacial score (nSPS) is 26.3. The first-order chi connectivity index (χ1) is 9.36. The molecule has 1 rings (SSSR count). The van der Waals surface area contributed by atoms with E-state index in [1.165, 1.54) is 0 Å². The molecule has 4 unspecified atom stereocenters. The average Bonchev–Trinajstić information content (AvgIpc) is 2.63. The number of carbonyl (C=O) groups is 1. The first-order valence-corrected chi connectivity index (χ1v) is 9.47. The van der Waals surface area contributed by atoms with Crippen LogP contribution in [0, 0.1) is 5.92 Å². The fourth-order valence-corrected chi connectivity index (χ4v) is 3.53. The van der Waals surface area contributed by atoms with Gasteiger partial charge in [-0.25, -0.2) is 0 Å². The van der Waals surface area contributed by atoms with Gasteiger partial charge < -0.3 is 4.90 Å². The van der Waals surface area contributed by atoms with Crippen molar-refractivity contribution in [2.24, 2.45) is 5.92 Å². The Morgan fingerprint density at radius 2 is 2.00 bits per heavy atom. The minimum atomic E-state index is -0.789. The SMILES string of the molecule is CCCC1NC(CC(C)C)C(=O)N1C(C)CCS(C)=O. The van der Waals surface area contributed by atoms with Gasteiger partial charge in [0, 0.05) is 28.9 Å². The maximum atomic E-state index is 12.6. The van der Waals surface area contributed by atoms with Crippen LogP contribution in [0.25, 0.3) is 0 Å². The van der Waals surface area contributed by atoms with Gasteiger partial charge in [-0.3, -0.25) is 14.3 Å². The molecule has 0 spiro atoms. The Kier molecular flexibility index (Phi) is 7.17. The Labute approximate surface area is 126 Å². The molecule has 1 aliphatic heterocycles. The van der Waals surface area contributed by atoms with Gasteiger partial charge in [-0.1, -0.05) is 27.2 Å². The van der Waals surface area contributed by atoms with Crippen LogP contribution >= 0.6 is 0 Å². The molecule has 118 valence electrons. The van der Waals surface area contributed by atoms with Crippen LogP contribution in [0.3, 0.4) is 0 Å². The first-order valence-electron chi connectivity index (χ1n) is 7.75. The lowest BCUT2D eigenvalue weighted by molar-refractivity contribution is -0.132. The Hall–Kier alpha value is -0.420. The summed E-state index contributed by atoms with van der Waals surface area (Å²) in [6.07, 6.45) is 5.62. The van der Waals surface area contributed by atoms with Crippen molar-refractivity contribution in [3.05, 3.63) is 0 Å². The largest absolute Gasteiger partial charge is 0.323 e. The molecule has 0 radical (unpaired) electrons. The lowest BCUT2D eigenvalue weighted by Gasteiger charge is -2.30. The Morgan fingerprint density at radius 1 is 1.35 bits per heavy atom. The summed E-state index contributed by atoms with van der Waals surface area (Å²) in [4.78, 5) is 14.6. The summed E-state index contributed by atoms with van der Waals surface area (Å²) in [5.74, 6) is 1.40. The molecule has 0 bridgehead atoms. The monoisotopic (exact) mass is 302 g/mol. The quantitative estimate of drug-likeness (QED) is 0.747. The molecule has 1 fully saturated rings. The van der Waals surface area contributed by atoms with Gasteiger partial charge in [0.25, 0.3) is 0 Å². The van der Waals surface area contributed by atoms with Crippen LogP contribution < -0.4 is 5.32 Å². The molecule has 0 aromatic rings. The van der Waals surface area contributed by atoms with Crippen molar-refractivity contribution >= 4 is 16.7 Å². The Balaban J connectivity index is 2.72. The van der Waals surface area contributed by atoms with Crippen LogP contribution in [-0.2, 0) is 15.6 Å². The third-order valence-electron chi connectivity index (χ3n) is 3.85. The zero-order valence-corrected chi connectivity index (χ0v) is 14.3. The molecular weight excluding hydrogens is 272 g/mol. The zero-order valence-electron chi connectivity index (χ0n) is 13.5. The molecule has 1 amide bonds. The van der Waals surface area contributed by atoms with Crippen molar-refractivity contribution < 1.29 is 9.00 Å². The molecule has 5 heteroatoms. The number of nitrogens with one attached hydrogen (secondary N) is 1. The molecule has 20 heavy (non-hydrogen) atoms. The molecule has 0 aromatic heterocycles. The summed E-state index contributed by atoms with van der Waals surface area (Å²) in [5.41, 5.74) is 0. The molecule has 0 aromatic carbocycles. The molecule has 1 saturated heterocycles. The molecule has 1 N–H and O–H groups in total. The van der Waals surface area contributed by atoms with Crippen LogP contribution in [0.4, 0.5) is 0 Å². The second-order valence-corrected chi connectivity index (χ2v) is 7.87. The van der Waals surface area contributed by atoms with Crippen molar-refractivity contribution in [2.45, 2.75) is 71.6 Å². The van der Waals surface area contributed by atoms with Crippen LogP contribution in [0.15, 0.2) is 0 Å². The number of rotatable bonds is 8. The van der Waals surface area contributed by atoms with Crippen molar-refractivity contribution in [2.75, 3.05) is 12.0 Å². The lowest BCUT2D eigenvalue weighted by atomic mass is 10.0. The van der Waals surface area contributed by atoms with Crippen molar-refractivity contribution in [1.29, 1.82) is 0 Å². The van der Waals surface area contributed by atoms with Crippen molar-refractivity contribution in [3.8, 4) is 0 Å². The molecular formula is C15H30N2O2S. The average molecular weight is 302 g/mol. The van der Waals surface area contributed by atoms with E-state index in [1.807, 2.05) is 4.90 Å². The van der Waals surface area contributed by atoms with E-state index in [1.54, 1.807) is 6.26 Å². The van der Waals surface area contributed by atoms with E-state index < -0.39 is 10.8 Å². The van der Waals surface area contributed by atoms with Gasteiger partial charge in [0.15, 0.2) is 0 Å². The maximum absolute atomic E-state index is 12.6. The van der Waals surface area contributed by atoms with Crippen LogP contribution in [0.1, 0.15) is 53.4 Å². The predicted octanol–water partition coefficient (Wildman–Crippen LogP) is 2.12. The summed E-state index contributed by atoms with van der Waals surface area (Å²) in [6.45, 7) is 8.52. The van der Waals surface area contributed by atoms with Crippen LogP contribution in [0.2, 0.25) is 0 Å². The van der Waals surface area contributed by atoms with Crippen LogP contribution in [-0.4, -0.2) is 45.3 Å². The van der Waals surface area contributed by atoms with E-state index in [-0.39, 0.29) is 24.2 Å². The summed E-state index contributed by atoms with van der Waals surface area (Å²) in [6, 6.07) is 0.119.